The number of hydrogen-bond acceptors (Lipinski definition) is 7. The van der Waals surface area contributed by atoms with Crippen LogP contribution in [0.4, 0.5) is 0 Å². The Hall–Kier alpha value is -2.87. The Morgan fingerprint density at radius 1 is 1.11 bits per heavy atom. The summed E-state index contributed by atoms with van der Waals surface area (Å²) in [5.41, 5.74) is 2.60. The van der Waals surface area contributed by atoms with Crippen LogP contribution < -0.4 is 9.47 Å². The van der Waals surface area contributed by atoms with Crippen molar-refractivity contribution in [3.8, 4) is 17.2 Å². The summed E-state index contributed by atoms with van der Waals surface area (Å²) >= 11 is 1.30. The summed E-state index contributed by atoms with van der Waals surface area (Å²) in [6.45, 7) is 3.23. The molecule has 7 nitrogen and oxygen atoms in total. The maximum absolute atomic E-state index is 12.6. The Morgan fingerprint density at radius 3 is 2.70 bits per heavy atom. The number of tetrazole rings is 1. The Kier molecular flexibility index (Phi) is 5.06. The predicted octanol–water partition coefficient (Wildman–Crippen LogP) is 3.11. The number of aryl methyl sites for hydroxylation is 1. The monoisotopic (exact) mass is 382 g/mol. The van der Waals surface area contributed by atoms with Crippen molar-refractivity contribution < 1.29 is 14.3 Å². The predicted molar refractivity (Wildman–Crippen MR) is 101 cm³/mol. The molecule has 138 valence electrons. The Morgan fingerprint density at radius 2 is 1.89 bits per heavy atom. The Balaban J connectivity index is 1.47. The van der Waals surface area contributed by atoms with E-state index in [4.69, 9.17) is 9.47 Å². The number of thioether (sulfide) groups is 1. The van der Waals surface area contributed by atoms with E-state index < -0.39 is 0 Å². The lowest BCUT2D eigenvalue weighted by atomic mass is 10.1. The molecular weight excluding hydrogens is 364 g/mol. The number of carbonyl (C=O) groups excluding carboxylic acids is 1. The van der Waals surface area contributed by atoms with Crippen LogP contribution in [0.5, 0.6) is 11.5 Å². The van der Waals surface area contributed by atoms with Crippen molar-refractivity contribution in [3.63, 3.8) is 0 Å². The zero-order valence-electron chi connectivity index (χ0n) is 14.8. The van der Waals surface area contributed by atoms with E-state index in [1.807, 2.05) is 31.2 Å². The van der Waals surface area contributed by atoms with Crippen molar-refractivity contribution in [1.29, 1.82) is 0 Å². The molecule has 0 fully saturated rings. The summed E-state index contributed by atoms with van der Waals surface area (Å²) in [5.74, 6) is 1.51. The van der Waals surface area contributed by atoms with E-state index in [2.05, 4.69) is 15.5 Å². The zero-order valence-corrected chi connectivity index (χ0v) is 15.6. The molecule has 0 amide bonds. The molecule has 4 rings (SSSR count). The van der Waals surface area contributed by atoms with Gasteiger partial charge in [-0.2, -0.15) is 4.68 Å². The van der Waals surface area contributed by atoms with Gasteiger partial charge in [0.1, 0.15) is 0 Å². The zero-order chi connectivity index (χ0) is 18.6. The first-order valence-corrected chi connectivity index (χ1v) is 9.60. The highest BCUT2D eigenvalue weighted by molar-refractivity contribution is 7.99. The number of ether oxygens (including phenoxy) is 2. The second-order valence-electron chi connectivity index (χ2n) is 6.13. The summed E-state index contributed by atoms with van der Waals surface area (Å²) in [5, 5.41) is 12.4. The van der Waals surface area contributed by atoms with Crippen LogP contribution in [0.3, 0.4) is 0 Å². The van der Waals surface area contributed by atoms with E-state index in [9.17, 15) is 4.79 Å². The Bertz CT molecular complexity index is 956. The van der Waals surface area contributed by atoms with Gasteiger partial charge in [0.2, 0.25) is 5.16 Å². The minimum absolute atomic E-state index is 0.0193. The molecule has 0 N–H and O–H groups in total. The minimum Gasteiger partial charge on any atom is -0.490 e. The van der Waals surface area contributed by atoms with Gasteiger partial charge in [0.15, 0.2) is 17.3 Å². The molecule has 2 aromatic carbocycles. The number of fused-ring (bicyclic) bond motifs is 1. The fourth-order valence-corrected chi connectivity index (χ4v) is 3.45. The van der Waals surface area contributed by atoms with Crippen LogP contribution in [-0.2, 0) is 0 Å². The standard InChI is InChI=1S/C19H18N4O3S/c1-13-3-6-15(7-4-13)23-19(20-21-22-23)27-12-16(24)14-5-8-17-18(11-14)26-10-2-9-25-17/h3-8,11H,2,9-10,12H2,1H3. The van der Waals surface area contributed by atoms with Gasteiger partial charge in [-0.15, -0.1) is 5.10 Å². The van der Waals surface area contributed by atoms with Crippen LogP contribution in [0.2, 0.25) is 0 Å². The smallest absolute Gasteiger partial charge is 0.214 e. The molecule has 8 heteroatoms. The third-order valence-corrected chi connectivity index (χ3v) is 5.04. The van der Waals surface area contributed by atoms with Gasteiger partial charge in [-0.25, -0.2) is 0 Å². The molecule has 0 bridgehead atoms. The number of benzene rings is 2. The fourth-order valence-electron chi connectivity index (χ4n) is 2.67. The number of aromatic nitrogens is 4. The van der Waals surface area contributed by atoms with Crippen molar-refractivity contribution in [3.05, 3.63) is 53.6 Å². The first-order valence-electron chi connectivity index (χ1n) is 8.62. The normalized spacial score (nSPS) is 13.2. The summed E-state index contributed by atoms with van der Waals surface area (Å²) < 4.78 is 12.9. The molecule has 0 aliphatic carbocycles. The molecule has 0 saturated heterocycles. The van der Waals surface area contributed by atoms with Gasteiger partial charge in [0.25, 0.3) is 0 Å². The minimum atomic E-state index is -0.0193. The van der Waals surface area contributed by atoms with E-state index in [1.54, 1.807) is 22.9 Å². The van der Waals surface area contributed by atoms with Gasteiger partial charge < -0.3 is 9.47 Å². The maximum Gasteiger partial charge on any atom is 0.214 e. The van der Waals surface area contributed by atoms with Gasteiger partial charge in [0, 0.05) is 12.0 Å². The summed E-state index contributed by atoms with van der Waals surface area (Å²) in [7, 11) is 0. The van der Waals surface area contributed by atoms with Gasteiger partial charge in [-0.05, 0) is 47.7 Å². The molecule has 0 saturated carbocycles. The molecule has 0 radical (unpaired) electrons. The van der Waals surface area contributed by atoms with Crippen LogP contribution in [0, 0.1) is 6.92 Å². The highest BCUT2D eigenvalue weighted by Gasteiger charge is 2.16. The van der Waals surface area contributed by atoms with Crippen LogP contribution in [-0.4, -0.2) is 45.0 Å². The molecule has 27 heavy (non-hydrogen) atoms. The quantitative estimate of drug-likeness (QED) is 0.495. The number of carbonyl (C=O) groups is 1. The molecule has 2 heterocycles. The highest BCUT2D eigenvalue weighted by atomic mass is 32.2. The maximum atomic E-state index is 12.6. The van der Waals surface area contributed by atoms with Crippen LogP contribution in [0.25, 0.3) is 5.69 Å². The molecule has 0 atom stereocenters. The van der Waals surface area contributed by atoms with Crippen molar-refractivity contribution in [2.24, 2.45) is 0 Å². The number of rotatable bonds is 5. The fraction of sp³-hybridized carbons (Fsp3) is 0.263. The van der Waals surface area contributed by atoms with E-state index in [-0.39, 0.29) is 11.5 Å². The van der Waals surface area contributed by atoms with Gasteiger partial charge in [0.05, 0.1) is 24.7 Å². The first-order chi connectivity index (χ1) is 13.2. The number of nitrogens with zero attached hydrogens (tertiary/aromatic N) is 4. The molecule has 3 aromatic rings. The lowest BCUT2D eigenvalue weighted by Gasteiger charge is -2.09. The topological polar surface area (TPSA) is 79.1 Å². The van der Waals surface area contributed by atoms with Crippen molar-refractivity contribution in [2.75, 3.05) is 19.0 Å². The van der Waals surface area contributed by atoms with E-state index in [0.29, 0.717) is 35.4 Å². The van der Waals surface area contributed by atoms with Crippen molar-refractivity contribution in [1.82, 2.24) is 20.2 Å². The highest BCUT2D eigenvalue weighted by Crippen LogP contribution is 2.31. The molecule has 0 unspecified atom stereocenters. The average molecular weight is 382 g/mol. The SMILES string of the molecule is Cc1ccc(-n2nnnc2SCC(=O)c2ccc3c(c2)OCCCO3)cc1. The van der Waals surface area contributed by atoms with E-state index in [1.165, 1.54) is 11.8 Å². The summed E-state index contributed by atoms with van der Waals surface area (Å²) in [4.78, 5) is 12.6. The summed E-state index contributed by atoms with van der Waals surface area (Å²) in [6, 6.07) is 13.2. The lowest BCUT2D eigenvalue weighted by molar-refractivity contribution is 0.102. The third-order valence-electron chi connectivity index (χ3n) is 4.12. The van der Waals surface area contributed by atoms with Crippen LogP contribution in [0.15, 0.2) is 47.6 Å². The molecule has 1 aliphatic heterocycles. The number of Topliss-reactive ketones (excluding diaryl/α,β-unsaturated/α-hetero) is 1. The largest absolute Gasteiger partial charge is 0.490 e. The number of ketones is 1. The second-order valence-corrected chi connectivity index (χ2v) is 7.08. The second kappa shape index (κ2) is 7.79. The van der Waals surface area contributed by atoms with Crippen LogP contribution >= 0.6 is 11.8 Å². The summed E-state index contributed by atoms with van der Waals surface area (Å²) in [6.07, 6.45) is 0.829. The van der Waals surface area contributed by atoms with Crippen molar-refractivity contribution >= 4 is 17.5 Å². The Labute approximate surface area is 160 Å². The number of hydrogen-bond donors (Lipinski definition) is 0. The van der Waals surface area contributed by atoms with E-state index >= 15 is 0 Å². The first kappa shape index (κ1) is 17.5. The molecule has 0 spiro atoms. The van der Waals surface area contributed by atoms with Crippen LogP contribution in [0.1, 0.15) is 22.3 Å². The average Bonchev–Trinajstić information content (AvgIpc) is 3.03. The van der Waals surface area contributed by atoms with Crippen molar-refractivity contribution in [2.45, 2.75) is 18.5 Å². The molecular formula is C19H18N4O3S. The van der Waals surface area contributed by atoms with Gasteiger partial charge in [-0.1, -0.05) is 29.5 Å². The molecule has 1 aromatic heterocycles. The van der Waals surface area contributed by atoms with E-state index in [0.717, 1.165) is 17.7 Å². The third kappa shape index (κ3) is 3.95. The van der Waals surface area contributed by atoms with Gasteiger partial charge in [-0.3, -0.25) is 4.79 Å². The lowest BCUT2D eigenvalue weighted by Crippen LogP contribution is -2.05. The molecule has 1 aliphatic rings. The van der Waals surface area contributed by atoms with Gasteiger partial charge >= 0.3 is 0 Å².